The minimum Gasteiger partial charge on any atom is -0.328 e. The fourth-order valence-corrected chi connectivity index (χ4v) is 0. The standard InChI is InChI=1S/C2H5FOS/c1-2(3)5-4/h2,4H,1H3. The van der Waals surface area contributed by atoms with Crippen molar-refractivity contribution in [3.63, 3.8) is 0 Å². The van der Waals surface area contributed by atoms with Gasteiger partial charge in [-0.05, 0) is 6.92 Å². The topological polar surface area (TPSA) is 20.2 Å². The summed E-state index contributed by atoms with van der Waals surface area (Å²) < 4.78 is 18.8. The molecule has 0 aromatic rings. The maximum absolute atomic E-state index is 11.1. The van der Waals surface area contributed by atoms with E-state index in [2.05, 4.69) is 0 Å². The molecule has 0 aromatic carbocycles. The first-order chi connectivity index (χ1) is 2.27. The molecule has 0 fully saturated rings. The molecular weight excluding hydrogens is 91.1 g/mol. The van der Waals surface area contributed by atoms with Crippen LogP contribution < -0.4 is 0 Å². The van der Waals surface area contributed by atoms with Gasteiger partial charge in [-0.2, -0.15) is 0 Å². The van der Waals surface area contributed by atoms with Gasteiger partial charge in [0.25, 0.3) is 0 Å². The van der Waals surface area contributed by atoms with Crippen molar-refractivity contribution in [3.05, 3.63) is 0 Å². The highest BCUT2D eigenvalue weighted by Crippen LogP contribution is 2.02. The van der Waals surface area contributed by atoms with Gasteiger partial charge in [-0.3, -0.25) is 0 Å². The second kappa shape index (κ2) is 2.48. The highest BCUT2D eigenvalue weighted by molar-refractivity contribution is 7.94. The summed E-state index contributed by atoms with van der Waals surface area (Å²) >= 11 is 0.213. The van der Waals surface area contributed by atoms with Gasteiger partial charge in [0.15, 0.2) is 5.50 Å². The summed E-state index contributed by atoms with van der Waals surface area (Å²) in [7, 11) is 0. The van der Waals surface area contributed by atoms with E-state index in [9.17, 15) is 4.39 Å². The molecule has 1 atom stereocenters. The van der Waals surface area contributed by atoms with Crippen molar-refractivity contribution >= 4 is 12.0 Å². The first-order valence-electron chi connectivity index (χ1n) is 1.21. The Morgan fingerprint density at radius 3 is 2.20 bits per heavy atom. The Hall–Kier alpha value is 0.240. The van der Waals surface area contributed by atoms with E-state index in [0.717, 1.165) is 0 Å². The molecule has 1 unspecified atom stereocenters. The van der Waals surface area contributed by atoms with E-state index in [1.165, 1.54) is 6.92 Å². The summed E-state index contributed by atoms with van der Waals surface area (Å²) in [6.07, 6.45) is 0. The smallest absolute Gasteiger partial charge is 0.168 e. The number of hydrogen-bond donors (Lipinski definition) is 1. The lowest BCUT2D eigenvalue weighted by Crippen LogP contribution is -1.76. The molecule has 1 nitrogen and oxygen atoms in total. The van der Waals surface area contributed by atoms with Crippen molar-refractivity contribution in [3.8, 4) is 0 Å². The molecule has 0 aromatic heterocycles. The zero-order chi connectivity index (χ0) is 4.28. The number of alkyl halides is 1. The Labute approximate surface area is 34.4 Å². The van der Waals surface area contributed by atoms with Crippen LogP contribution >= 0.6 is 12.0 Å². The van der Waals surface area contributed by atoms with Crippen molar-refractivity contribution in [2.45, 2.75) is 12.4 Å². The maximum Gasteiger partial charge on any atom is 0.168 e. The molecule has 5 heavy (non-hydrogen) atoms. The molecule has 0 saturated heterocycles. The van der Waals surface area contributed by atoms with E-state index in [4.69, 9.17) is 4.55 Å². The average Bonchev–Trinajstić information content (AvgIpc) is 1.38. The minimum atomic E-state index is -1.14. The fraction of sp³-hybridized carbons (Fsp3) is 1.00. The van der Waals surface area contributed by atoms with Gasteiger partial charge >= 0.3 is 0 Å². The lowest BCUT2D eigenvalue weighted by atomic mass is 10.9. The lowest BCUT2D eigenvalue weighted by Gasteiger charge is -1.84. The molecule has 32 valence electrons. The molecule has 0 bridgehead atoms. The van der Waals surface area contributed by atoms with E-state index in [0.29, 0.717) is 0 Å². The summed E-state index contributed by atoms with van der Waals surface area (Å²) in [5.74, 6) is 0. The number of hydrogen-bond acceptors (Lipinski definition) is 2. The molecule has 0 aliphatic rings. The van der Waals surface area contributed by atoms with Crippen molar-refractivity contribution in [2.75, 3.05) is 0 Å². The maximum atomic E-state index is 11.1. The third-order valence-corrected chi connectivity index (χ3v) is 0.436. The first-order valence-corrected chi connectivity index (χ1v) is 2.05. The second-order valence-electron chi connectivity index (χ2n) is 0.648. The van der Waals surface area contributed by atoms with E-state index in [1.54, 1.807) is 0 Å². The van der Waals surface area contributed by atoms with Gasteiger partial charge in [0.2, 0.25) is 0 Å². The Morgan fingerprint density at radius 1 is 2.00 bits per heavy atom. The molecule has 0 spiro atoms. The number of halogens is 1. The molecule has 0 radical (unpaired) electrons. The van der Waals surface area contributed by atoms with Gasteiger partial charge in [-0.25, -0.2) is 4.39 Å². The summed E-state index contributed by atoms with van der Waals surface area (Å²) in [5.41, 5.74) is -1.14. The molecule has 1 N–H and O–H groups in total. The minimum absolute atomic E-state index is 0.213. The molecule has 3 heteroatoms. The Bertz CT molecular complexity index is 23.6. The third-order valence-electron chi connectivity index (χ3n) is 0.145. The predicted octanol–water partition coefficient (Wildman–Crippen LogP) is 1.51. The van der Waals surface area contributed by atoms with Crippen LogP contribution in [0.2, 0.25) is 0 Å². The molecule has 0 rings (SSSR count). The quantitative estimate of drug-likeness (QED) is 0.499. The van der Waals surface area contributed by atoms with Crippen molar-refractivity contribution < 1.29 is 8.94 Å². The second-order valence-corrected chi connectivity index (χ2v) is 1.51. The van der Waals surface area contributed by atoms with E-state index in [1.807, 2.05) is 0 Å². The van der Waals surface area contributed by atoms with Crippen LogP contribution in [0.5, 0.6) is 0 Å². The first kappa shape index (κ1) is 5.24. The molecule has 0 amide bonds. The fourth-order valence-electron chi connectivity index (χ4n) is 0. The Kier molecular flexibility index (Phi) is 2.59. The summed E-state index contributed by atoms with van der Waals surface area (Å²) in [6.45, 7) is 1.27. The van der Waals surface area contributed by atoms with Crippen LogP contribution in [0.4, 0.5) is 4.39 Å². The Balaban J connectivity index is 2.54. The highest BCUT2D eigenvalue weighted by atomic mass is 32.2. The zero-order valence-electron chi connectivity index (χ0n) is 2.81. The van der Waals surface area contributed by atoms with Crippen LogP contribution in [0.25, 0.3) is 0 Å². The van der Waals surface area contributed by atoms with Crippen molar-refractivity contribution in [1.29, 1.82) is 0 Å². The molecule has 0 aliphatic carbocycles. The normalized spacial score (nSPS) is 15.0. The molecule has 0 aliphatic heterocycles. The molecule has 0 heterocycles. The van der Waals surface area contributed by atoms with Gasteiger partial charge in [0, 0.05) is 12.0 Å². The van der Waals surface area contributed by atoms with Gasteiger partial charge in [0.05, 0.1) is 0 Å². The highest BCUT2D eigenvalue weighted by Gasteiger charge is 1.88. The number of rotatable bonds is 1. The van der Waals surface area contributed by atoms with Crippen LogP contribution in [0.3, 0.4) is 0 Å². The summed E-state index contributed by atoms with van der Waals surface area (Å²) in [5, 5.41) is 0. The monoisotopic (exact) mass is 96.0 g/mol. The van der Waals surface area contributed by atoms with Crippen molar-refractivity contribution in [1.82, 2.24) is 0 Å². The third kappa shape index (κ3) is 4.24. The van der Waals surface area contributed by atoms with Crippen LogP contribution in [-0.4, -0.2) is 10.1 Å². The Morgan fingerprint density at radius 2 is 2.20 bits per heavy atom. The SMILES string of the molecule is CC(F)SO. The van der Waals surface area contributed by atoms with Gasteiger partial charge in [-0.1, -0.05) is 0 Å². The molecular formula is C2H5FOS. The molecule has 0 saturated carbocycles. The van der Waals surface area contributed by atoms with Gasteiger partial charge in [-0.15, -0.1) is 0 Å². The van der Waals surface area contributed by atoms with E-state index >= 15 is 0 Å². The summed E-state index contributed by atoms with van der Waals surface area (Å²) in [6, 6.07) is 0. The average molecular weight is 96.1 g/mol. The lowest BCUT2D eigenvalue weighted by molar-refractivity contribution is 0.463. The largest absolute Gasteiger partial charge is 0.328 e. The predicted molar refractivity (Wildman–Crippen MR) is 20.8 cm³/mol. The summed E-state index contributed by atoms with van der Waals surface area (Å²) in [4.78, 5) is 0. The van der Waals surface area contributed by atoms with Crippen LogP contribution in [0.1, 0.15) is 6.92 Å². The van der Waals surface area contributed by atoms with Crippen LogP contribution in [0, 0.1) is 0 Å². The van der Waals surface area contributed by atoms with Crippen LogP contribution in [-0.2, 0) is 0 Å². The van der Waals surface area contributed by atoms with Crippen molar-refractivity contribution in [2.24, 2.45) is 0 Å². The van der Waals surface area contributed by atoms with E-state index in [-0.39, 0.29) is 12.0 Å². The van der Waals surface area contributed by atoms with E-state index < -0.39 is 5.50 Å². The van der Waals surface area contributed by atoms with Crippen LogP contribution in [0.15, 0.2) is 0 Å². The van der Waals surface area contributed by atoms with Gasteiger partial charge in [0.1, 0.15) is 0 Å². The zero-order valence-corrected chi connectivity index (χ0v) is 3.63. The van der Waals surface area contributed by atoms with Gasteiger partial charge < -0.3 is 4.55 Å².